The lowest BCUT2D eigenvalue weighted by Gasteiger charge is -2.25. The lowest BCUT2D eigenvalue weighted by Crippen LogP contribution is -2.40. The number of anilines is 1. The Bertz CT molecular complexity index is 1340. The lowest BCUT2D eigenvalue weighted by molar-refractivity contribution is -0.119. The summed E-state index contributed by atoms with van der Waals surface area (Å²) in [4.78, 5) is 12.9. The Morgan fingerprint density at radius 1 is 0.943 bits per heavy atom. The number of amides is 1. The molecule has 0 aliphatic heterocycles. The van der Waals surface area contributed by atoms with Crippen molar-refractivity contribution in [3.8, 4) is 11.5 Å². The third-order valence-electron chi connectivity index (χ3n) is 5.35. The molecule has 8 nitrogen and oxygen atoms in total. The molecule has 0 atom stereocenters. The summed E-state index contributed by atoms with van der Waals surface area (Å²) in [5.74, 6) is 0.546. The molecule has 1 N–H and O–H groups in total. The standard InChI is InChI=1S/C26H29N3O5S/c1-18-6-10-23(11-7-18)35(31,32)29(24-12-8-19(2)14-20(24)3)17-26(30)28-27-16-21-15-22(33-4)9-13-25(21)34-5/h6-16H,17H2,1-5H3,(H,28,30)/b27-16-. The molecule has 0 aromatic heterocycles. The largest absolute Gasteiger partial charge is 0.497 e. The smallest absolute Gasteiger partial charge is 0.264 e. The number of hydrogen-bond acceptors (Lipinski definition) is 6. The minimum Gasteiger partial charge on any atom is -0.497 e. The topological polar surface area (TPSA) is 97.3 Å². The quantitative estimate of drug-likeness (QED) is 0.358. The maximum absolute atomic E-state index is 13.5. The van der Waals surface area contributed by atoms with E-state index >= 15 is 0 Å². The number of hydrazone groups is 1. The van der Waals surface area contributed by atoms with Crippen LogP contribution in [0.2, 0.25) is 0 Å². The molecule has 0 heterocycles. The van der Waals surface area contributed by atoms with Crippen molar-refractivity contribution < 1.29 is 22.7 Å². The van der Waals surface area contributed by atoms with Crippen molar-refractivity contribution in [2.24, 2.45) is 5.10 Å². The van der Waals surface area contributed by atoms with Crippen LogP contribution in [-0.4, -0.2) is 41.3 Å². The van der Waals surface area contributed by atoms with Gasteiger partial charge >= 0.3 is 0 Å². The molecule has 9 heteroatoms. The fourth-order valence-corrected chi connectivity index (χ4v) is 4.99. The van der Waals surface area contributed by atoms with E-state index in [1.54, 1.807) is 43.5 Å². The average Bonchev–Trinajstić information content (AvgIpc) is 2.83. The van der Waals surface area contributed by atoms with Gasteiger partial charge in [-0.25, -0.2) is 13.8 Å². The van der Waals surface area contributed by atoms with Gasteiger partial charge in [-0.1, -0.05) is 35.4 Å². The van der Waals surface area contributed by atoms with Crippen LogP contribution in [0.25, 0.3) is 0 Å². The molecule has 0 radical (unpaired) electrons. The van der Waals surface area contributed by atoms with Crippen molar-refractivity contribution >= 4 is 27.8 Å². The van der Waals surface area contributed by atoms with Gasteiger partial charge in [-0.2, -0.15) is 5.10 Å². The van der Waals surface area contributed by atoms with Gasteiger partial charge in [0.2, 0.25) is 0 Å². The molecule has 0 saturated carbocycles. The van der Waals surface area contributed by atoms with Gasteiger partial charge in [-0.15, -0.1) is 0 Å². The molecule has 1 amide bonds. The van der Waals surface area contributed by atoms with E-state index in [0.29, 0.717) is 22.7 Å². The van der Waals surface area contributed by atoms with Gasteiger partial charge in [0.1, 0.15) is 18.0 Å². The molecule has 184 valence electrons. The van der Waals surface area contributed by atoms with Crippen molar-refractivity contribution in [3.63, 3.8) is 0 Å². The van der Waals surface area contributed by atoms with E-state index in [1.807, 2.05) is 32.9 Å². The third kappa shape index (κ3) is 6.19. The van der Waals surface area contributed by atoms with E-state index < -0.39 is 22.5 Å². The maximum atomic E-state index is 13.5. The summed E-state index contributed by atoms with van der Waals surface area (Å²) < 4.78 is 38.7. The average molecular weight is 496 g/mol. The van der Waals surface area contributed by atoms with Crippen LogP contribution in [0.3, 0.4) is 0 Å². The Balaban J connectivity index is 1.89. The molecule has 35 heavy (non-hydrogen) atoms. The molecule has 0 spiro atoms. The van der Waals surface area contributed by atoms with Gasteiger partial charge in [0.15, 0.2) is 0 Å². The number of rotatable bonds is 9. The summed E-state index contributed by atoms with van der Waals surface area (Å²) in [7, 11) is -0.949. The number of sulfonamides is 1. The van der Waals surface area contributed by atoms with Crippen LogP contribution in [0.5, 0.6) is 11.5 Å². The molecule has 3 rings (SSSR count). The van der Waals surface area contributed by atoms with E-state index in [2.05, 4.69) is 10.5 Å². The van der Waals surface area contributed by atoms with Gasteiger partial charge in [0, 0.05) is 5.56 Å². The predicted molar refractivity (Wildman–Crippen MR) is 137 cm³/mol. The number of hydrogen-bond donors (Lipinski definition) is 1. The zero-order valence-corrected chi connectivity index (χ0v) is 21.2. The van der Waals surface area contributed by atoms with Gasteiger partial charge < -0.3 is 9.47 Å². The van der Waals surface area contributed by atoms with E-state index in [1.165, 1.54) is 25.5 Å². The Morgan fingerprint density at radius 3 is 2.26 bits per heavy atom. The van der Waals surface area contributed by atoms with Crippen LogP contribution in [0.1, 0.15) is 22.3 Å². The van der Waals surface area contributed by atoms with E-state index in [9.17, 15) is 13.2 Å². The Labute approximate surface area is 206 Å². The number of carbonyl (C=O) groups excluding carboxylic acids is 1. The molecule has 3 aromatic rings. The third-order valence-corrected chi connectivity index (χ3v) is 7.12. The van der Waals surface area contributed by atoms with Gasteiger partial charge in [0.25, 0.3) is 15.9 Å². The number of nitrogens with zero attached hydrogens (tertiary/aromatic N) is 2. The van der Waals surface area contributed by atoms with Crippen LogP contribution in [0.4, 0.5) is 5.69 Å². The Hall–Kier alpha value is -3.85. The van der Waals surface area contributed by atoms with Crippen molar-refractivity contribution in [1.82, 2.24) is 5.43 Å². The Kier molecular flexibility index (Phi) is 8.14. The number of carbonyl (C=O) groups is 1. The van der Waals surface area contributed by atoms with Crippen LogP contribution in [-0.2, 0) is 14.8 Å². The normalized spacial score (nSPS) is 11.3. The maximum Gasteiger partial charge on any atom is 0.264 e. The Morgan fingerprint density at radius 2 is 1.63 bits per heavy atom. The highest BCUT2D eigenvalue weighted by molar-refractivity contribution is 7.92. The van der Waals surface area contributed by atoms with Crippen LogP contribution < -0.4 is 19.2 Å². The molecule has 0 fully saturated rings. The monoisotopic (exact) mass is 495 g/mol. The van der Waals surface area contributed by atoms with E-state index in [4.69, 9.17) is 9.47 Å². The molecular weight excluding hydrogens is 466 g/mol. The summed E-state index contributed by atoms with van der Waals surface area (Å²) in [6, 6.07) is 17.1. The molecule has 0 aliphatic carbocycles. The number of nitrogens with one attached hydrogen (secondary N) is 1. The van der Waals surface area contributed by atoms with Gasteiger partial charge in [-0.3, -0.25) is 9.10 Å². The summed E-state index contributed by atoms with van der Waals surface area (Å²) >= 11 is 0. The summed E-state index contributed by atoms with van der Waals surface area (Å²) in [6.07, 6.45) is 1.41. The molecular formula is C26H29N3O5S. The fraction of sp³-hybridized carbons (Fsp3) is 0.231. The number of benzene rings is 3. The molecule has 0 aliphatic rings. The van der Waals surface area contributed by atoms with Crippen molar-refractivity contribution in [2.75, 3.05) is 25.1 Å². The van der Waals surface area contributed by atoms with E-state index in [-0.39, 0.29) is 4.90 Å². The number of ether oxygens (including phenoxy) is 2. The zero-order chi connectivity index (χ0) is 25.6. The highest BCUT2D eigenvalue weighted by Gasteiger charge is 2.28. The second-order valence-electron chi connectivity index (χ2n) is 8.02. The second-order valence-corrected chi connectivity index (χ2v) is 9.88. The number of methoxy groups -OCH3 is 2. The van der Waals surface area contributed by atoms with E-state index in [0.717, 1.165) is 21.0 Å². The van der Waals surface area contributed by atoms with Crippen LogP contribution >= 0.6 is 0 Å². The summed E-state index contributed by atoms with van der Waals surface area (Å²) in [5, 5.41) is 3.99. The van der Waals surface area contributed by atoms with Gasteiger partial charge in [0.05, 0.1) is 31.0 Å². The van der Waals surface area contributed by atoms with Crippen molar-refractivity contribution in [2.45, 2.75) is 25.7 Å². The molecule has 3 aromatic carbocycles. The predicted octanol–water partition coefficient (Wildman–Crippen LogP) is 3.97. The first-order valence-electron chi connectivity index (χ1n) is 10.9. The first-order chi connectivity index (χ1) is 16.6. The SMILES string of the molecule is COc1ccc(OC)c(/C=N\NC(=O)CN(c2ccc(C)cc2C)S(=O)(=O)c2ccc(C)cc2)c1. The summed E-state index contributed by atoms with van der Waals surface area (Å²) in [6.45, 7) is 5.16. The highest BCUT2D eigenvalue weighted by Crippen LogP contribution is 2.28. The molecule has 0 bridgehead atoms. The molecule has 0 unspecified atom stereocenters. The van der Waals surface area contributed by atoms with Crippen LogP contribution in [0, 0.1) is 20.8 Å². The first kappa shape index (κ1) is 25.8. The second kappa shape index (κ2) is 11.1. The minimum atomic E-state index is -4.01. The van der Waals surface area contributed by atoms with Crippen molar-refractivity contribution in [3.05, 3.63) is 82.9 Å². The van der Waals surface area contributed by atoms with Gasteiger partial charge in [-0.05, 0) is 62.7 Å². The highest BCUT2D eigenvalue weighted by atomic mass is 32.2. The number of aryl methyl sites for hydroxylation is 3. The summed E-state index contributed by atoms with van der Waals surface area (Å²) in [5.41, 5.74) is 6.07. The molecule has 0 saturated heterocycles. The fourth-order valence-electron chi connectivity index (χ4n) is 3.50. The zero-order valence-electron chi connectivity index (χ0n) is 20.4. The minimum absolute atomic E-state index is 0.0977. The first-order valence-corrected chi connectivity index (χ1v) is 12.3. The van der Waals surface area contributed by atoms with Crippen LogP contribution in [0.15, 0.2) is 70.7 Å². The lowest BCUT2D eigenvalue weighted by atomic mass is 10.1. The van der Waals surface area contributed by atoms with Crippen molar-refractivity contribution in [1.29, 1.82) is 0 Å².